The summed E-state index contributed by atoms with van der Waals surface area (Å²) in [6, 6.07) is 0. The zero-order valence-corrected chi connectivity index (χ0v) is 12.8. The van der Waals surface area contributed by atoms with E-state index in [0.717, 1.165) is 0 Å². The average molecular weight is 298 g/mol. The first-order valence-electron chi connectivity index (χ1n) is 7.19. The third kappa shape index (κ3) is 2.95. The average Bonchev–Trinajstić information content (AvgIpc) is 2.96. The van der Waals surface area contributed by atoms with Crippen LogP contribution >= 0.6 is 0 Å². The van der Waals surface area contributed by atoms with Gasteiger partial charge in [-0.1, -0.05) is 5.92 Å². The largest absolute Gasteiger partial charge is 0.360 e. The fourth-order valence-corrected chi connectivity index (χ4v) is 3.01. The Kier molecular flexibility index (Phi) is 3.77. The van der Waals surface area contributed by atoms with Crippen molar-refractivity contribution in [1.29, 1.82) is 0 Å². The number of ether oxygens (including phenoxy) is 6. The van der Waals surface area contributed by atoms with Crippen molar-refractivity contribution in [2.24, 2.45) is 0 Å². The second kappa shape index (κ2) is 5.20. The summed E-state index contributed by atoms with van der Waals surface area (Å²) < 4.78 is 34.8. The highest BCUT2D eigenvalue weighted by Crippen LogP contribution is 2.41. The summed E-state index contributed by atoms with van der Waals surface area (Å²) in [5.41, 5.74) is 0. The highest BCUT2D eigenvalue weighted by Gasteiger charge is 2.58. The number of hydrogen-bond donors (Lipinski definition) is 0. The van der Waals surface area contributed by atoms with Gasteiger partial charge in [0.1, 0.15) is 31.0 Å². The fraction of sp³-hybridized carbons (Fsp3) is 0.867. The first-order chi connectivity index (χ1) is 9.81. The molecule has 3 fully saturated rings. The first kappa shape index (κ1) is 15.2. The molecule has 6 nitrogen and oxygen atoms in total. The van der Waals surface area contributed by atoms with Gasteiger partial charge in [0.05, 0.1) is 6.61 Å². The van der Waals surface area contributed by atoms with E-state index < -0.39 is 17.9 Å². The van der Waals surface area contributed by atoms with Crippen molar-refractivity contribution in [3.05, 3.63) is 0 Å². The predicted molar refractivity (Wildman–Crippen MR) is 72.2 cm³/mol. The van der Waals surface area contributed by atoms with Crippen LogP contribution in [0.3, 0.4) is 0 Å². The van der Waals surface area contributed by atoms with Crippen molar-refractivity contribution >= 4 is 0 Å². The molecule has 118 valence electrons. The lowest BCUT2D eigenvalue weighted by atomic mass is 10.1. The van der Waals surface area contributed by atoms with Gasteiger partial charge in [-0.3, -0.25) is 0 Å². The standard InChI is InChI=1S/C15H22O6/c1-6-7-16-11-10(9-8-17-14(2,3)19-9)18-13-12(11)20-15(4,5)21-13/h1,9-13H,7-8H2,2-5H3/t9-,10-,11+,12?,13-/m1/s1. The molecular formula is C15H22O6. The minimum absolute atomic E-state index is 0.189. The summed E-state index contributed by atoms with van der Waals surface area (Å²) in [6.07, 6.45) is 3.61. The molecule has 0 N–H and O–H groups in total. The van der Waals surface area contributed by atoms with Gasteiger partial charge in [0.15, 0.2) is 17.9 Å². The van der Waals surface area contributed by atoms with Crippen molar-refractivity contribution in [1.82, 2.24) is 0 Å². The van der Waals surface area contributed by atoms with Crippen LogP contribution in [-0.2, 0) is 28.4 Å². The molecule has 21 heavy (non-hydrogen) atoms. The zero-order valence-electron chi connectivity index (χ0n) is 12.8. The fourth-order valence-electron chi connectivity index (χ4n) is 3.01. The summed E-state index contributed by atoms with van der Waals surface area (Å²) in [5, 5.41) is 0. The summed E-state index contributed by atoms with van der Waals surface area (Å²) in [7, 11) is 0. The highest BCUT2D eigenvalue weighted by atomic mass is 16.8. The third-order valence-corrected chi connectivity index (χ3v) is 3.78. The van der Waals surface area contributed by atoms with Crippen molar-refractivity contribution in [3.63, 3.8) is 0 Å². The lowest BCUT2D eigenvalue weighted by Gasteiger charge is -2.28. The van der Waals surface area contributed by atoms with E-state index in [1.54, 1.807) is 0 Å². The minimum Gasteiger partial charge on any atom is -0.360 e. The van der Waals surface area contributed by atoms with E-state index in [2.05, 4.69) is 5.92 Å². The summed E-state index contributed by atoms with van der Waals surface area (Å²) in [5.74, 6) is 1.16. The van der Waals surface area contributed by atoms with Crippen LogP contribution in [0.2, 0.25) is 0 Å². The Balaban J connectivity index is 1.74. The van der Waals surface area contributed by atoms with Gasteiger partial charge in [-0.15, -0.1) is 6.42 Å². The molecule has 0 saturated carbocycles. The minimum atomic E-state index is -0.690. The first-order valence-corrected chi connectivity index (χ1v) is 7.19. The molecular weight excluding hydrogens is 276 g/mol. The molecule has 1 unspecified atom stereocenters. The Hall–Kier alpha value is -0.680. The SMILES string of the molecule is C#CCO[C@@H]1C2OC(C)(C)O[C@H]2O[C@@H]1[C@H]1COC(C)(C)O1. The highest BCUT2D eigenvalue weighted by molar-refractivity contribution is 4.99. The molecule has 5 atom stereocenters. The van der Waals surface area contributed by atoms with Gasteiger partial charge >= 0.3 is 0 Å². The lowest BCUT2D eigenvalue weighted by molar-refractivity contribution is -0.235. The number of hydrogen-bond acceptors (Lipinski definition) is 6. The van der Waals surface area contributed by atoms with E-state index >= 15 is 0 Å². The summed E-state index contributed by atoms with van der Waals surface area (Å²) >= 11 is 0. The van der Waals surface area contributed by atoms with Crippen LogP contribution in [0.15, 0.2) is 0 Å². The Morgan fingerprint density at radius 2 is 1.86 bits per heavy atom. The molecule has 6 heteroatoms. The molecule has 0 aromatic rings. The van der Waals surface area contributed by atoms with Crippen molar-refractivity contribution in [3.8, 4) is 12.3 Å². The maximum atomic E-state index is 5.96. The molecule has 0 radical (unpaired) electrons. The second-order valence-electron chi connectivity index (χ2n) is 6.42. The van der Waals surface area contributed by atoms with Crippen LogP contribution in [0.25, 0.3) is 0 Å². The lowest BCUT2D eigenvalue weighted by Crippen LogP contribution is -2.44. The number of fused-ring (bicyclic) bond motifs is 1. The third-order valence-electron chi connectivity index (χ3n) is 3.78. The van der Waals surface area contributed by atoms with Gasteiger partial charge in [-0.05, 0) is 27.7 Å². The van der Waals surface area contributed by atoms with Crippen molar-refractivity contribution in [2.45, 2.75) is 70.0 Å². The number of rotatable bonds is 3. The molecule has 0 amide bonds. The molecule has 0 aromatic heterocycles. The van der Waals surface area contributed by atoms with Crippen LogP contribution in [-0.4, -0.2) is 55.5 Å². The predicted octanol–water partition coefficient (Wildman–Crippen LogP) is 1.03. The molecule has 3 aliphatic rings. The van der Waals surface area contributed by atoms with Gasteiger partial charge in [-0.25, -0.2) is 0 Å². The second-order valence-corrected chi connectivity index (χ2v) is 6.42. The van der Waals surface area contributed by atoms with E-state index in [0.29, 0.717) is 6.61 Å². The quantitative estimate of drug-likeness (QED) is 0.726. The van der Waals surface area contributed by atoms with Gasteiger partial charge in [0, 0.05) is 0 Å². The van der Waals surface area contributed by atoms with E-state index in [9.17, 15) is 0 Å². The van der Waals surface area contributed by atoms with Gasteiger partial charge < -0.3 is 28.4 Å². The summed E-state index contributed by atoms with van der Waals surface area (Å²) in [4.78, 5) is 0. The Morgan fingerprint density at radius 3 is 2.48 bits per heavy atom. The van der Waals surface area contributed by atoms with E-state index in [-0.39, 0.29) is 31.0 Å². The smallest absolute Gasteiger partial charge is 0.190 e. The zero-order chi connectivity index (χ0) is 15.3. The van der Waals surface area contributed by atoms with E-state index in [1.807, 2.05) is 27.7 Å². The Morgan fingerprint density at radius 1 is 1.10 bits per heavy atom. The molecule has 0 aliphatic carbocycles. The van der Waals surface area contributed by atoms with Crippen LogP contribution < -0.4 is 0 Å². The maximum Gasteiger partial charge on any atom is 0.190 e. The Labute approximate surface area is 125 Å². The van der Waals surface area contributed by atoms with Gasteiger partial charge in [0.25, 0.3) is 0 Å². The molecule has 3 heterocycles. The van der Waals surface area contributed by atoms with E-state index in [4.69, 9.17) is 34.8 Å². The molecule has 0 spiro atoms. The van der Waals surface area contributed by atoms with Gasteiger partial charge in [0.2, 0.25) is 0 Å². The maximum absolute atomic E-state index is 5.96. The molecule has 3 aliphatic heterocycles. The normalized spacial score (nSPS) is 43.7. The molecule has 0 bridgehead atoms. The number of terminal acetylenes is 1. The molecule has 0 aromatic carbocycles. The summed E-state index contributed by atoms with van der Waals surface area (Å²) in [6.45, 7) is 8.07. The van der Waals surface area contributed by atoms with Crippen LogP contribution in [0.1, 0.15) is 27.7 Å². The van der Waals surface area contributed by atoms with Crippen LogP contribution in [0.5, 0.6) is 0 Å². The topological polar surface area (TPSA) is 55.4 Å². The molecule has 3 rings (SSSR count). The van der Waals surface area contributed by atoms with Crippen molar-refractivity contribution < 1.29 is 28.4 Å². The van der Waals surface area contributed by atoms with Crippen LogP contribution in [0, 0.1) is 12.3 Å². The van der Waals surface area contributed by atoms with Crippen LogP contribution in [0.4, 0.5) is 0 Å². The Bertz CT molecular complexity index is 440. The monoisotopic (exact) mass is 298 g/mol. The van der Waals surface area contributed by atoms with Gasteiger partial charge in [-0.2, -0.15) is 0 Å². The molecule has 3 saturated heterocycles. The van der Waals surface area contributed by atoms with Crippen molar-refractivity contribution in [2.75, 3.05) is 13.2 Å². The van der Waals surface area contributed by atoms with E-state index in [1.165, 1.54) is 0 Å².